The number of likely N-dealkylation sites (tertiary alicyclic amines) is 1. The predicted molar refractivity (Wildman–Crippen MR) is 132 cm³/mol. The molecule has 2 N–H and O–H groups in total. The highest BCUT2D eigenvalue weighted by molar-refractivity contribution is 5.83. The summed E-state index contributed by atoms with van der Waals surface area (Å²) in [4.78, 5) is 39.8. The predicted octanol–water partition coefficient (Wildman–Crippen LogP) is 3.46. The molecule has 1 aromatic rings. The van der Waals surface area contributed by atoms with Crippen LogP contribution in [-0.2, 0) is 28.5 Å². The van der Waals surface area contributed by atoms with Crippen molar-refractivity contribution in [2.24, 2.45) is 0 Å². The topological polar surface area (TPSA) is 132 Å². The number of esters is 1. The lowest BCUT2D eigenvalue weighted by Crippen LogP contribution is -2.50. The number of aromatic nitrogens is 2. The van der Waals surface area contributed by atoms with Gasteiger partial charge in [0.25, 0.3) is 0 Å². The number of nitrogens with one attached hydrogen (secondary N) is 2. The lowest BCUT2D eigenvalue weighted by molar-refractivity contribution is -0.182. The lowest BCUT2D eigenvalue weighted by Gasteiger charge is -2.35. The van der Waals surface area contributed by atoms with Crippen LogP contribution < -0.4 is 5.32 Å². The van der Waals surface area contributed by atoms with Gasteiger partial charge in [0.1, 0.15) is 17.2 Å². The van der Waals surface area contributed by atoms with Crippen molar-refractivity contribution in [3.05, 3.63) is 18.0 Å². The molecule has 204 valence electrons. The summed E-state index contributed by atoms with van der Waals surface area (Å²) in [5.41, 5.74) is -0.698. The van der Waals surface area contributed by atoms with Crippen molar-refractivity contribution in [2.45, 2.75) is 116 Å². The number of amides is 2. The fourth-order valence-electron chi connectivity index (χ4n) is 4.26. The van der Waals surface area contributed by atoms with Gasteiger partial charge in [0.15, 0.2) is 0 Å². The molecular formula is C25H42N4O7. The van der Waals surface area contributed by atoms with Crippen LogP contribution in [0.5, 0.6) is 0 Å². The molecule has 11 heteroatoms. The van der Waals surface area contributed by atoms with E-state index in [-0.39, 0.29) is 11.8 Å². The van der Waals surface area contributed by atoms with Gasteiger partial charge in [-0.3, -0.25) is 14.8 Å². The minimum absolute atomic E-state index is 0.253. The molecule has 0 aliphatic carbocycles. The molecule has 2 rings (SSSR count). The molecule has 0 saturated carbocycles. The van der Waals surface area contributed by atoms with Crippen molar-refractivity contribution in [3.8, 4) is 0 Å². The van der Waals surface area contributed by atoms with Crippen molar-refractivity contribution >= 4 is 18.0 Å². The quantitative estimate of drug-likeness (QED) is 0.381. The Morgan fingerprint density at radius 2 is 1.81 bits per heavy atom. The van der Waals surface area contributed by atoms with E-state index in [1.54, 1.807) is 47.7 Å². The molecule has 0 spiro atoms. The van der Waals surface area contributed by atoms with Gasteiger partial charge in [0.2, 0.25) is 12.3 Å². The summed E-state index contributed by atoms with van der Waals surface area (Å²) in [5.74, 6) is -1.05. The first-order valence-electron chi connectivity index (χ1n) is 12.3. The Morgan fingerprint density at radius 3 is 2.28 bits per heavy atom. The zero-order valence-electron chi connectivity index (χ0n) is 22.9. The number of methoxy groups -OCH3 is 1. The fourth-order valence-corrected chi connectivity index (χ4v) is 4.26. The van der Waals surface area contributed by atoms with Gasteiger partial charge in [-0.25, -0.2) is 9.59 Å². The van der Waals surface area contributed by atoms with Crippen LogP contribution in [0.2, 0.25) is 0 Å². The molecule has 1 aliphatic heterocycles. The number of aromatic amines is 1. The largest absolute Gasteiger partial charge is 0.458 e. The maximum atomic E-state index is 13.5. The minimum atomic E-state index is -0.948. The number of hydrogen-bond acceptors (Lipinski definition) is 8. The van der Waals surface area contributed by atoms with Crippen LogP contribution in [-0.4, -0.2) is 76.0 Å². The zero-order chi connectivity index (χ0) is 27.3. The van der Waals surface area contributed by atoms with Crippen molar-refractivity contribution in [1.29, 1.82) is 0 Å². The standard InChI is InChI=1S/C25H42N4O7/c1-10-16(34-22(33-9)27-15(2)30)13-19-17(18-11-12-26-28-18)14-20(21(31)35-24(3,4)5)29(19)23(32)36-25(6,7)8/h11-12,16-17,19-20,22H,10,13-14H2,1-9H3,(H,26,28)(H,27,30)/t16-,17-,19+,20?,22?/m0/s1. The second-order valence-electron chi connectivity index (χ2n) is 11.0. The molecule has 5 atom stereocenters. The minimum Gasteiger partial charge on any atom is -0.458 e. The molecule has 1 aliphatic rings. The number of hydrogen-bond donors (Lipinski definition) is 2. The van der Waals surface area contributed by atoms with Crippen LogP contribution in [0.25, 0.3) is 0 Å². The van der Waals surface area contributed by atoms with Crippen LogP contribution >= 0.6 is 0 Å². The fraction of sp³-hybridized carbons (Fsp3) is 0.760. The van der Waals surface area contributed by atoms with E-state index in [1.165, 1.54) is 18.9 Å². The first-order chi connectivity index (χ1) is 16.6. The highest BCUT2D eigenvalue weighted by Gasteiger charge is 2.51. The van der Waals surface area contributed by atoms with E-state index in [2.05, 4.69) is 15.5 Å². The molecule has 2 heterocycles. The molecule has 0 aromatic carbocycles. The summed E-state index contributed by atoms with van der Waals surface area (Å²) in [6.07, 6.45) is 0.942. The average molecular weight is 511 g/mol. The maximum absolute atomic E-state index is 13.5. The second-order valence-corrected chi connectivity index (χ2v) is 11.0. The highest BCUT2D eigenvalue weighted by Crippen LogP contribution is 2.41. The normalized spacial score (nSPS) is 22.1. The lowest BCUT2D eigenvalue weighted by atomic mass is 9.91. The number of rotatable bonds is 9. The molecule has 2 amide bonds. The summed E-state index contributed by atoms with van der Waals surface area (Å²) in [6.45, 7) is 14.0. The van der Waals surface area contributed by atoms with Gasteiger partial charge >= 0.3 is 12.1 Å². The van der Waals surface area contributed by atoms with Crippen molar-refractivity contribution < 1.29 is 33.3 Å². The second kappa shape index (κ2) is 12.1. The Bertz CT molecular complexity index is 876. The Morgan fingerprint density at radius 1 is 1.17 bits per heavy atom. The van der Waals surface area contributed by atoms with Gasteiger partial charge in [-0.15, -0.1) is 0 Å². The zero-order valence-corrected chi connectivity index (χ0v) is 22.9. The first-order valence-corrected chi connectivity index (χ1v) is 12.3. The molecule has 1 fully saturated rings. The number of nitrogens with zero attached hydrogens (tertiary/aromatic N) is 2. The Hall–Kier alpha value is -2.66. The third kappa shape index (κ3) is 8.48. The number of carbonyl (C=O) groups excluding carboxylic acids is 3. The number of carbonyl (C=O) groups is 3. The van der Waals surface area contributed by atoms with Crippen molar-refractivity contribution in [1.82, 2.24) is 20.4 Å². The van der Waals surface area contributed by atoms with E-state index in [9.17, 15) is 14.4 Å². The molecule has 11 nitrogen and oxygen atoms in total. The molecule has 36 heavy (non-hydrogen) atoms. The summed E-state index contributed by atoms with van der Waals surface area (Å²) in [7, 11) is 1.43. The van der Waals surface area contributed by atoms with Gasteiger partial charge in [0, 0.05) is 37.9 Å². The Labute approximate surface area is 213 Å². The van der Waals surface area contributed by atoms with Gasteiger partial charge in [-0.2, -0.15) is 5.10 Å². The monoisotopic (exact) mass is 510 g/mol. The highest BCUT2D eigenvalue weighted by atomic mass is 16.7. The van der Waals surface area contributed by atoms with E-state index >= 15 is 0 Å². The van der Waals surface area contributed by atoms with E-state index in [0.717, 1.165) is 5.69 Å². The summed E-state index contributed by atoms with van der Waals surface area (Å²) in [5, 5.41) is 9.67. The molecular weight excluding hydrogens is 468 g/mol. The summed E-state index contributed by atoms with van der Waals surface area (Å²) < 4.78 is 22.7. The maximum Gasteiger partial charge on any atom is 0.411 e. The van der Waals surface area contributed by atoms with Gasteiger partial charge in [-0.1, -0.05) is 6.92 Å². The number of ether oxygens (including phenoxy) is 4. The van der Waals surface area contributed by atoms with E-state index in [4.69, 9.17) is 18.9 Å². The van der Waals surface area contributed by atoms with Crippen molar-refractivity contribution in [3.63, 3.8) is 0 Å². The smallest absolute Gasteiger partial charge is 0.411 e. The SMILES string of the molecule is CC[C@@H](C[C@@H]1[C@H](c2ccn[nH]2)CC(C(=O)OC(C)(C)C)N1C(=O)OC(C)(C)C)OC(NC(C)=O)OC. The van der Waals surface area contributed by atoms with Gasteiger partial charge in [0.05, 0.1) is 6.10 Å². The van der Waals surface area contributed by atoms with E-state index in [1.807, 2.05) is 13.0 Å². The molecule has 1 aromatic heterocycles. The van der Waals surface area contributed by atoms with Crippen LogP contribution in [0.15, 0.2) is 12.3 Å². The summed E-state index contributed by atoms with van der Waals surface area (Å²) in [6, 6.07) is 0.500. The third-order valence-electron chi connectivity index (χ3n) is 5.65. The summed E-state index contributed by atoms with van der Waals surface area (Å²) >= 11 is 0. The van der Waals surface area contributed by atoms with Crippen molar-refractivity contribution in [2.75, 3.05) is 7.11 Å². The molecule has 1 saturated heterocycles. The van der Waals surface area contributed by atoms with Crippen LogP contribution in [0.1, 0.15) is 86.3 Å². The van der Waals surface area contributed by atoms with Crippen LogP contribution in [0.4, 0.5) is 4.79 Å². The van der Waals surface area contributed by atoms with Gasteiger partial charge < -0.3 is 24.3 Å². The van der Waals surface area contributed by atoms with Crippen LogP contribution in [0.3, 0.4) is 0 Å². The molecule has 0 bridgehead atoms. The molecule has 0 radical (unpaired) electrons. The molecule has 2 unspecified atom stereocenters. The van der Waals surface area contributed by atoms with Crippen LogP contribution in [0, 0.1) is 0 Å². The third-order valence-corrected chi connectivity index (χ3v) is 5.65. The first kappa shape index (κ1) is 29.6. The van der Waals surface area contributed by atoms with E-state index in [0.29, 0.717) is 19.3 Å². The van der Waals surface area contributed by atoms with Gasteiger partial charge in [-0.05, 0) is 66.9 Å². The average Bonchev–Trinajstić information content (AvgIpc) is 3.37. The van der Waals surface area contributed by atoms with E-state index < -0.39 is 47.9 Å². The number of H-pyrrole nitrogens is 1. The Kier molecular flexibility index (Phi) is 9.90. The Balaban J connectivity index is 2.45.